The Morgan fingerprint density at radius 2 is 1.74 bits per heavy atom. The molecule has 3 atom stereocenters. The summed E-state index contributed by atoms with van der Waals surface area (Å²) in [7, 11) is 3.71. The van der Waals surface area contributed by atoms with Crippen LogP contribution in [0.5, 0.6) is 0 Å². The minimum atomic E-state index is -1.07. The van der Waals surface area contributed by atoms with E-state index >= 15 is 0 Å². The maximum atomic E-state index is 12.3. The Labute approximate surface area is 113 Å². The first kappa shape index (κ1) is 14.2. The van der Waals surface area contributed by atoms with Crippen molar-refractivity contribution in [3.05, 3.63) is 12.2 Å². The molecule has 1 fully saturated rings. The van der Waals surface area contributed by atoms with Crippen molar-refractivity contribution >= 4 is 11.8 Å². The van der Waals surface area contributed by atoms with Crippen LogP contribution in [0.2, 0.25) is 0 Å². The standard InChI is InChI=1S/C14H22N2O3/c1-14(19,8-15(2)3)9-16-12(17)10-6-4-5-7-11(10)13(16)18/h4-5,10-11,19H,6-9H2,1-3H3. The van der Waals surface area contributed by atoms with Gasteiger partial charge in [-0.15, -0.1) is 0 Å². The molecule has 0 aromatic carbocycles. The lowest BCUT2D eigenvalue weighted by Gasteiger charge is -2.30. The molecule has 0 spiro atoms. The van der Waals surface area contributed by atoms with Gasteiger partial charge in [-0.1, -0.05) is 12.2 Å². The van der Waals surface area contributed by atoms with Crippen molar-refractivity contribution in [2.24, 2.45) is 11.8 Å². The van der Waals surface area contributed by atoms with E-state index in [-0.39, 0.29) is 30.2 Å². The molecular formula is C14H22N2O3. The van der Waals surface area contributed by atoms with Crippen LogP contribution in [0.3, 0.4) is 0 Å². The van der Waals surface area contributed by atoms with Crippen molar-refractivity contribution < 1.29 is 14.7 Å². The Morgan fingerprint density at radius 3 is 2.16 bits per heavy atom. The molecule has 2 amide bonds. The fourth-order valence-corrected chi connectivity index (χ4v) is 3.10. The van der Waals surface area contributed by atoms with Gasteiger partial charge in [-0.05, 0) is 33.9 Å². The molecule has 0 radical (unpaired) electrons. The highest BCUT2D eigenvalue weighted by atomic mass is 16.3. The molecule has 1 aliphatic carbocycles. The first-order chi connectivity index (χ1) is 8.82. The molecular weight excluding hydrogens is 244 g/mol. The second kappa shape index (κ2) is 5.06. The Morgan fingerprint density at radius 1 is 1.26 bits per heavy atom. The maximum absolute atomic E-state index is 12.3. The largest absolute Gasteiger partial charge is 0.387 e. The third kappa shape index (κ3) is 2.87. The summed E-state index contributed by atoms with van der Waals surface area (Å²) in [5, 5.41) is 10.3. The summed E-state index contributed by atoms with van der Waals surface area (Å²) in [6.45, 7) is 2.15. The molecule has 1 aliphatic heterocycles. The van der Waals surface area contributed by atoms with Crippen LogP contribution in [-0.4, -0.2) is 59.5 Å². The van der Waals surface area contributed by atoms with Gasteiger partial charge in [0.1, 0.15) is 0 Å². The van der Waals surface area contributed by atoms with Crippen molar-refractivity contribution in [1.29, 1.82) is 0 Å². The van der Waals surface area contributed by atoms with Gasteiger partial charge >= 0.3 is 0 Å². The number of aliphatic hydroxyl groups is 1. The smallest absolute Gasteiger partial charge is 0.233 e. The lowest BCUT2D eigenvalue weighted by Crippen LogP contribution is -2.49. The van der Waals surface area contributed by atoms with E-state index in [1.54, 1.807) is 6.92 Å². The van der Waals surface area contributed by atoms with Gasteiger partial charge in [-0.25, -0.2) is 0 Å². The van der Waals surface area contributed by atoms with Crippen LogP contribution in [0.4, 0.5) is 0 Å². The van der Waals surface area contributed by atoms with E-state index in [0.717, 1.165) is 0 Å². The van der Waals surface area contributed by atoms with Crippen LogP contribution >= 0.6 is 0 Å². The summed E-state index contributed by atoms with van der Waals surface area (Å²) in [4.78, 5) is 27.6. The summed E-state index contributed by atoms with van der Waals surface area (Å²) in [5.74, 6) is -0.683. The number of nitrogens with zero attached hydrogens (tertiary/aromatic N) is 2. The van der Waals surface area contributed by atoms with Crippen molar-refractivity contribution in [2.45, 2.75) is 25.4 Å². The number of carbonyl (C=O) groups is 2. The number of fused-ring (bicyclic) bond motifs is 1. The van der Waals surface area contributed by atoms with Crippen LogP contribution in [0, 0.1) is 11.8 Å². The summed E-state index contributed by atoms with van der Waals surface area (Å²) >= 11 is 0. The lowest BCUT2D eigenvalue weighted by atomic mass is 9.85. The fourth-order valence-electron chi connectivity index (χ4n) is 3.10. The first-order valence-electron chi connectivity index (χ1n) is 6.69. The number of likely N-dealkylation sites (tertiary alicyclic amines) is 1. The van der Waals surface area contributed by atoms with Crippen LogP contribution < -0.4 is 0 Å². The predicted molar refractivity (Wildman–Crippen MR) is 71.3 cm³/mol. The number of allylic oxidation sites excluding steroid dienone is 2. The van der Waals surface area contributed by atoms with E-state index < -0.39 is 5.60 Å². The summed E-state index contributed by atoms with van der Waals surface area (Å²) in [6.07, 6.45) is 5.21. The van der Waals surface area contributed by atoms with Crippen LogP contribution in [0.25, 0.3) is 0 Å². The molecule has 1 heterocycles. The number of amides is 2. The zero-order valence-corrected chi connectivity index (χ0v) is 11.8. The fraction of sp³-hybridized carbons (Fsp3) is 0.714. The van der Waals surface area contributed by atoms with Gasteiger partial charge in [0.15, 0.2) is 0 Å². The summed E-state index contributed by atoms with van der Waals surface area (Å²) in [5.41, 5.74) is -1.07. The quantitative estimate of drug-likeness (QED) is 0.585. The topological polar surface area (TPSA) is 60.9 Å². The third-order valence-electron chi connectivity index (χ3n) is 3.75. The predicted octanol–water partition coefficient (Wildman–Crippen LogP) is 0.250. The Bertz CT molecular complexity index is 389. The number of likely N-dealkylation sites (N-methyl/N-ethyl adjacent to an activating group) is 1. The van der Waals surface area contributed by atoms with Crippen molar-refractivity contribution in [3.8, 4) is 0 Å². The molecule has 0 saturated carbocycles. The SMILES string of the molecule is CN(C)CC(C)(O)CN1C(=O)C2CC=CCC2C1=O. The molecule has 0 bridgehead atoms. The highest BCUT2D eigenvalue weighted by molar-refractivity contribution is 6.05. The van der Waals surface area contributed by atoms with Crippen LogP contribution in [0.15, 0.2) is 12.2 Å². The van der Waals surface area contributed by atoms with Gasteiger partial charge in [0, 0.05) is 6.54 Å². The Balaban J connectivity index is 2.09. The Hall–Kier alpha value is -1.20. The van der Waals surface area contributed by atoms with E-state index in [0.29, 0.717) is 19.4 Å². The second-order valence-electron chi connectivity index (χ2n) is 6.15. The molecule has 5 nitrogen and oxygen atoms in total. The molecule has 1 saturated heterocycles. The molecule has 106 valence electrons. The van der Waals surface area contributed by atoms with Crippen molar-refractivity contribution in [3.63, 3.8) is 0 Å². The summed E-state index contributed by atoms with van der Waals surface area (Å²) in [6, 6.07) is 0. The van der Waals surface area contributed by atoms with Crippen LogP contribution in [-0.2, 0) is 9.59 Å². The average molecular weight is 266 g/mol. The van der Waals surface area contributed by atoms with Gasteiger partial charge in [-0.3, -0.25) is 14.5 Å². The number of rotatable bonds is 4. The molecule has 5 heteroatoms. The monoisotopic (exact) mass is 266 g/mol. The zero-order valence-electron chi connectivity index (χ0n) is 11.8. The van der Waals surface area contributed by atoms with E-state index in [4.69, 9.17) is 0 Å². The first-order valence-corrected chi connectivity index (χ1v) is 6.69. The molecule has 3 unspecified atom stereocenters. The van der Waals surface area contributed by atoms with E-state index in [1.165, 1.54) is 4.90 Å². The molecule has 2 rings (SSSR count). The second-order valence-corrected chi connectivity index (χ2v) is 6.15. The Kier molecular flexibility index (Phi) is 3.78. The van der Waals surface area contributed by atoms with E-state index in [9.17, 15) is 14.7 Å². The normalized spacial score (nSPS) is 29.8. The molecule has 0 aromatic rings. The van der Waals surface area contributed by atoms with Gasteiger partial charge < -0.3 is 10.0 Å². The number of hydrogen-bond acceptors (Lipinski definition) is 4. The van der Waals surface area contributed by atoms with Gasteiger partial charge in [0.25, 0.3) is 0 Å². The number of β-amino-alcohol motifs (C(OH)–C–C–N with tert-alkyl or cyclic N) is 1. The van der Waals surface area contributed by atoms with Crippen molar-refractivity contribution in [2.75, 3.05) is 27.2 Å². The minimum Gasteiger partial charge on any atom is -0.387 e. The molecule has 0 aromatic heterocycles. The number of imide groups is 1. The lowest BCUT2D eigenvalue weighted by molar-refractivity contribution is -0.144. The number of hydrogen-bond donors (Lipinski definition) is 1. The highest BCUT2D eigenvalue weighted by Gasteiger charge is 2.48. The van der Waals surface area contributed by atoms with E-state index in [2.05, 4.69) is 0 Å². The minimum absolute atomic E-state index is 0.0792. The highest BCUT2D eigenvalue weighted by Crippen LogP contribution is 2.35. The molecule has 1 N–H and O–H groups in total. The van der Waals surface area contributed by atoms with Crippen molar-refractivity contribution in [1.82, 2.24) is 9.80 Å². The number of carbonyl (C=O) groups excluding carboxylic acids is 2. The average Bonchev–Trinajstić information content (AvgIpc) is 2.53. The molecule has 19 heavy (non-hydrogen) atoms. The van der Waals surface area contributed by atoms with Crippen LogP contribution in [0.1, 0.15) is 19.8 Å². The van der Waals surface area contributed by atoms with Gasteiger partial charge in [-0.2, -0.15) is 0 Å². The van der Waals surface area contributed by atoms with E-state index in [1.807, 2.05) is 31.1 Å². The zero-order chi connectivity index (χ0) is 14.2. The van der Waals surface area contributed by atoms with Gasteiger partial charge in [0.05, 0.1) is 24.0 Å². The summed E-state index contributed by atoms with van der Waals surface area (Å²) < 4.78 is 0. The third-order valence-corrected chi connectivity index (χ3v) is 3.75. The maximum Gasteiger partial charge on any atom is 0.233 e. The molecule has 2 aliphatic rings. The van der Waals surface area contributed by atoms with Gasteiger partial charge in [0.2, 0.25) is 11.8 Å².